The number of carbonyl (C=O) groups excluding carboxylic acids is 1. The van der Waals surface area contributed by atoms with Gasteiger partial charge >= 0.3 is 6.18 Å². The molecule has 1 aromatic rings. The molecule has 1 aromatic heterocycles. The lowest BCUT2D eigenvalue weighted by Gasteiger charge is -2.21. The number of aromatic nitrogens is 2. The van der Waals surface area contributed by atoms with Crippen molar-refractivity contribution in [2.24, 2.45) is 0 Å². The van der Waals surface area contributed by atoms with Gasteiger partial charge < -0.3 is 15.2 Å². The maximum absolute atomic E-state index is 12.9. The lowest BCUT2D eigenvalue weighted by molar-refractivity contribution is -0.251. The van der Waals surface area contributed by atoms with Gasteiger partial charge in [0.1, 0.15) is 22.6 Å². The van der Waals surface area contributed by atoms with Gasteiger partial charge in [-0.05, 0) is 0 Å². The topological polar surface area (TPSA) is 77.9 Å². The Kier molecular flexibility index (Phi) is 4.48. The van der Waals surface area contributed by atoms with E-state index in [-0.39, 0.29) is 5.82 Å². The fourth-order valence-electron chi connectivity index (χ4n) is 1.38. The fraction of sp³-hybridized carbons (Fsp3) is 0.545. The Bertz CT molecular complexity index is 527. The largest absolute Gasteiger partial charge is 0.530 e. The summed E-state index contributed by atoms with van der Waals surface area (Å²) in [5, 5.41) is 11.3. The number of nitrogens with one attached hydrogen (secondary N) is 1. The van der Waals surface area contributed by atoms with Crippen LogP contribution in [0.3, 0.4) is 0 Å². The molecule has 0 aromatic carbocycles. The molecule has 0 saturated heterocycles. The second kappa shape index (κ2) is 5.43. The molecule has 1 heterocycles. The van der Waals surface area contributed by atoms with E-state index < -0.39 is 40.6 Å². The third kappa shape index (κ3) is 3.96. The van der Waals surface area contributed by atoms with Gasteiger partial charge in [-0.2, -0.15) is 13.2 Å². The van der Waals surface area contributed by atoms with Gasteiger partial charge in [0, 0.05) is 5.41 Å². The number of hydrogen-bond acceptors (Lipinski definition) is 4. The van der Waals surface area contributed by atoms with Crippen molar-refractivity contribution in [3.8, 4) is 0 Å². The van der Waals surface area contributed by atoms with Crippen molar-refractivity contribution in [2.45, 2.75) is 38.9 Å². The summed E-state index contributed by atoms with van der Waals surface area (Å²) in [6, 6.07) is 0. The third-order valence-electron chi connectivity index (χ3n) is 2.29. The molecule has 0 saturated carbocycles. The van der Waals surface area contributed by atoms with Crippen LogP contribution in [0, 0.1) is 0 Å². The van der Waals surface area contributed by atoms with Crippen molar-refractivity contribution in [1.29, 1.82) is 0 Å². The number of carbonyl (C=O) groups is 1. The van der Waals surface area contributed by atoms with Gasteiger partial charge in [-0.25, -0.2) is 9.97 Å². The van der Waals surface area contributed by atoms with Crippen LogP contribution in [0.2, 0.25) is 5.15 Å². The van der Waals surface area contributed by atoms with Crippen molar-refractivity contribution in [3.05, 3.63) is 22.2 Å². The number of halogens is 4. The van der Waals surface area contributed by atoms with Crippen LogP contribution in [0.5, 0.6) is 0 Å². The highest BCUT2D eigenvalue weighted by Gasteiger charge is 2.38. The number of hydrogen-bond donors (Lipinski definition) is 1. The van der Waals surface area contributed by atoms with Crippen LogP contribution in [0.15, 0.2) is 0 Å². The van der Waals surface area contributed by atoms with Crippen molar-refractivity contribution < 1.29 is 23.1 Å². The van der Waals surface area contributed by atoms with E-state index in [1.165, 1.54) is 0 Å². The molecule has 9 heteroatoms. The zero-order chi connectivity index (χ0) is 15.7. The van der Waals surface area contributed by atoms with Gasteiger partial charge in [0.15, 0.2) is 0 Å². The highest BCUT2D eigenvalue weighted by atomic mass is 35.5. The van der Waals surface area contributed by atoms with Gasteiger partial charge in [-0.15, -0.1) is 0 Å². The first-order valence-electron chi connectivity index (χ1n) is 5.52. The van der Waals surface area contributed by atoms with Crippen molar-refractivity contribution in [3.63, 3.8) is 0 Å². The average molecular weight is 311 g/mol. The smallest absolute Gasteiger partial charge is 0.421 e. The van der Waals surface area contributed by atoms with E-state index in [0.29, 0.717) is 0 Å². The van der Waals surface area contributed by atoms with Crippen LogP contribution in [-0.4, -0.2) is 16.1 Å². The summed E-state index contributed by atoms with van der Waals surface area (Å²) in [5.74, 6) is 0.0886. The molecular formula is C11H12ClF3N3O2-. The molecule has 0 aliphatic rings. The summed E-state index contributed by atoms with van der Waals surface area (Å²) >= 11 is 5.58. The Hall–Kier alpha value is -1.57. The molecule has 5 nitrogen and oxygen atoms in total. The first-order chi connectivity index (χ1) is 8.93. The summed E-state index contributed by atoms with van der Waals surface area (Å²) in [4.78, 5) is 17.7. The second-order valence-electron chi connectivity index (χ2n) is 5.05. The number of alkyl halides is 3. The lowest BCUT2D eigenvalue weighted by atomic mass is 9.95. The number of amides is 1. The molecule has 0 unspecified atom stereocenters. The van der Waals surface area contributed by atoms with E-state index >= 15 is 0 Å². The normalized spacial score (nSPS) is 12.3. The Morgan fingerprint density at radius 3 is 2.25 bits per heavy atom. The Morgan fingerprint density at radius 2 is 1.85 bits per heavy atom. The van der Waals surface area contributed by atoms with Crippen molar-refractivity contribution in [1.82, 2.24) is 15.3 Å². The molecule has 1 rings (SSSR count). The molecule has 0 aliphatic carbocycles. The third-order valence-corrected chi connectivity index (χ3v) is 2.57. The van der Waals surface area contributed by atoms with Gasteiger partial charge in [0.2, 0.25) is 0 Å². The summed E-state index contributed by atoms with van der Waals surface area (Å²) in [6.07, 6.45) is -6.48. The zero-order valence-electron chi connectivity index (χ0n) is 10.9. The molecular weight excluding hydrogens is 299 g/mol. The van der Waals surface area contributed by atoms with Crippen LogP contribution < -0.4 is 10.4 Å². The van der Waals surface area contributed by atoms with Crippen LogP contribution in [0.25, 0.3) is 0 Å². The molecule has 0 radical (unpaired) electrons. The molecule has 112 valence electrons. The van der Waals surface area contributed by atoms with Crippen LogP contribution in [0.4, 0.5) is 18.0 Å². The SMILES string of the molecule is CC(C)(C)c1nc(Cl)c(C(F)(F)F)c(CNC(=O)[O-])n1. The summed E-state index contributed by atoms with van der Waals surface area (Å²) < 4.78 is 38.7. The minimum atomic E-state index is -4.78. The number of nitrogens with zero attached hydrogens (tertiary/aromatic N) is 2. The standard InChI is InChI=1S/C11H13ClF3N3O2/c1-10(2,3)8-17-5(4-16-9(19)20)6(7(12)18-8)11(13,14)15/h16H,4H2,1-3H3,(H,19,20)/p-1. The van der Waals surface area contributed by atoms with Crippen molar-refractivity contribution >= 4 is 17.7 Å². The Morgan fingerprint density at radius 1 is 1.30 bits per heavy atom. The maximum Gasteiger partial charge on any atom is 0.421 e. The second-order valence-corrected chi connectivity index (χ2v) is 5.41. The van der Waals surface area contributed by atoms with Crippen LogP contribution >= 0.6 is 11.6 Å². The van der Waals surface area contributed by atoms with Crippen LogP contribution in [-0.2, 0) is 18.1 Å². The van der Waals surface area contributed by atoms with Gasteiger partial charge in [-0.3, -0.25) is 0 Å². The van der Waals surface area contributed by atoms with E-state index in [2.05, 4.69) is 9.97 Å². The minimum absolute atomic E-state index is 0.0886. The molecule has 0 spiro atoms. The van der Waals surface area contributed by atoms with E-state index in [9.17, 15) is 23.1 Å². The maximum atomic E-state index is 12.9. The predicted octanol–water partition coefficient (Wildman–Crippen LogP) is 1.88. The monoisotopic (exact) mass is 310 g/mol. The fourth-order valence-corrected chi connectivity index (χ4v) is 1.67. The summed E-state index contributed by atoms with van der Waals surface area (Å²) in [6.45, 7) is 4.42. The first kappa shape index (κ1) is 16.5. The van der Waals surface area contributed by atoms with Crippen LogP contribution in [0.1, 0.15) is 37.9 Å². The molecule has 1 amide bonds. The molecule has 20 heavy (non-hydrogen) atoms. The Balaban J connectivity index is 3.40. The highest BCUT2D eigenvalue weighted by molar-refractivity contribution is 6.30. The first-order valence-corrected chi connectivity index (χ1v) is 5.89. The van der Waals surface area contributed by atoms with E-state index in [0.717, 1.165) is 0 Å². The summed E-state index contributed by atoms with van der Waals surface area (Å²) in [5.41, 5.74) is -2.42. The van der Waals surface area contributed by atoms with Crippen molar-refractivity contribution in [2.75, 3.05) is 0 Å². The predicted molar refractivity (Wildman–Crippen MR) is 63.0 cm³/mol. The quantitative estimate of drug-likeness (QED) is 0.846. The highest BCUT2D eigenvalue weighted by Crippen LogP contribution is 2.36. The van der Waals surface area contributed by atoms with Gasteiger partial charge in [-0.1, -0.05) is 32.4 Å². The average Bonchev–Trinajstić information content (AvgIpc) is 2.22. The van der Waals surface area contributed by atoms with Gasteiger partial charge in [0.05, 0.1) is 12.2 Å². The van der Waals surface area contributed by atoms with E-state index in [1.54, 1.807) is 26.1 Å². The molecule has 0 bridgehead atoms. The number of rotatable bonds is 2. The van der Waals surface area contributed by atoms with E-state index in [4.69, 9.17) is 11.6 Å². The zero-order valence-corrected chi connectivity index (χ0v) is 11.7. The molecule has 1 N–H and O–H groups in total. The number of carboxylic acid groups (broad SMARTS) is 1. The minimum Gasteiger partial charge on any atom is -0.530 e. The molecule has 0 aliphatic heterocycles. The molecule has 0 fully saturated rings. The Labute approximate surface area is 118 Å². The molecule has 0 atom stereocenters. The van der Waals surface area contributed by atoms with Gasteiger partial charge in [0.25, 0.3) is 0 Å². The summed E-state index contributed by atoms with van der Waals surface area (Å²) in [7, 11) is 0. The lowest BCUT2D eigenvalue weighted by Crippen LogP contribution is -2.37. The van der Waals surface area contributed by atoms with E-state index in [1.807, 2.05) is 0 Å².